The first-order valence-electron chi connectivity index (χ1n) is 12.4. The third kappa shape index (κ3) is 7.20. The van der Waals surface area contributed by atoms with E-state index in [4.69, 9.17) is 23.7 Å². The molecule has 0 saturated heterocycles. The number of ether oxygens (including phenoxy) is 5. The lowest BCUT2D eigenvalue weighted by Crippen LogP contribution is -1.96. The lowest BCUT2D eigenvalue weighted by molar-refractivity contribution is 0.354. The molecule has 0 spiro atoms. The highest BCUT2D eigenvalue weighted by molar-refractivity contribution is 5.44. The highest BCUT2D eigenvalue weighted by atomic mass is 16.5. The molecule has 0 N–H and O–H groups in total. The molecule has 0 aliphatic rings. The summed E-state index contributed by atoms with van der Waals surface area (Å²) in [7, 11) is 6.67. The maximum Gasteiger partial charge on any atom is 0.160 e. The molecule has 0 bridgehead atoms. The van der Waals surface area contributed by atoms with Gasteiger partial charge in [0.15, 0.2) is 11.5 Å². The van der Waals surface area contributed by atoms with Gasteiger partial charge in [-0.15, -0.1) is 0 Å². The Labute approximate surface area is 219 Å². The molecule has 37 heavy (non-hydrogen) atoms. The molecule has 0 fully saturated rings. The van der Waals surface area contributed by atoms with Gasteiger partial charge in [0.05, 0.1) is 28.4 Å². The largest absolute Gasteiger partial charge is 0.497 e. The zero-order valence-corrected chi connectivity index (χ0v) is 22.0. The molecular weight excluding hydrogens is 464 g/mol. The van der Waals surface area contributed by atoms with Crippen LogP contribution < -0.4 is 23.7 Å². The van der Waals surface area contributed by atoms with Crippen LogP contribution in [0.2, 0.25) is 0 Å². The summed E-state index contributed by atoms with van der Waals surface area (Å²) in [5, 5.41) is 0. The Hall–Kier alpha value is -4.12. The Kier molecular flexibility index (Phi) is 8.93. The second-order valence-corrected chi connectivity index (χ2v) is 8.80. The molecular formula is C32H34O5. The first-order valence-corrected chi connectivity index (χ1v) is 12.4. The maximum atomic E-state index is 6.19. The van der Waals surface area contributed by atoms with E-state index >= 15 is 0 Å². The Morgan fingerprint density at radius 2 is 0.892 bits per heavy atom. The average molecular weight is 499 g/mol. The smallest absolute Gasteiger partial charge is 0.160 e. The van der Waals surface area contributed by atoms with Crippen LogP contribution in [0.4, 0.5) is 0 Å². The quantitative estimate of drug-likeness (QED) is 0.209. The summed E-state index contributed by atoms with van der Waals surface area (Å²) >= 11 is 0. The molecule has 0 amide bonds. The van der Waals surface area contributed by atoms with Gasteiger partial charge < -0.3 is 23.7 Å². The van der Waals surface area contributed by atoms with Crippen molar-refractivity contribution in [2.24, 2.45) is 0 Å². The van der Waals surface area contributed by atoms with Crippen LogP contribution in [0.3, 0.4) is 0 Å². The molecule has 5 nitrogen and oxygen atoms in total. The summed E-state index contributed by atoms with van der Waals surface area (Å²) in [4.78, 5) is 0. The van der Waals surface area contributed by atoms with Crippen molar-refractivity contribution in [2.75, 3.05) is 28.4 Å². The lowest BCUT2D eigenvalue weighted by Gasteiger charge is -2.12. The predicted molar refractivity (Wildman–Crippen MR) is 147 cm³/mol. The topological polar surface area (TPSA) is 46.2 Å². The van der Waals surface area contributed by atoms with Gasteiger partial charge in [-0.3, -0.25) is 0 Å². The van der Waals surface area contributed by atoms with E-state index in [1.54, 1.807) is 28.4 Å². The zero-order chi connectivity index (χ0) is 26.0. The molecule has 4 aromatic rings. The number of aryl methyl sites for hydroxylation is 4. The van der Waals surface area contributed by atoms with Crippen molar-refractivity contribution >= 4 is 0 Å². The second-order valence-electron chi connectivity index (χ2n) is 8.80. The highest BCUT2D eigenvalue weighted by Gasteiger charge is 2.07. The number of rotatable bonds is 12. The molecule has 0 saturated carbocycles. The summed E-state index contributed by atoms with van der Waals surface area (Å²) in [6.45, 7) is 0. The maximum absolute atomic E-state index is 6.19. The van der Waals surface area contributed by atoms with Gasteiger partial charge in [-0.05, 0) is 96.5 Å². The van der Waals surface area contributed by atoms with Crippen LogP contribution in [0, 0.1) is 0 Å². The van der Waals surface area contributed by atoms with E-state index in [1.807, 2.05) is 42.5 Å². The average Bonchev–Trinajstić information content (AvgIpc) is 2.95. The predicted octanol–water partition coefficient (Wildman–Crippen LogP) is 7.08. The molecule has 0 atom stereocenters. The summed E-state index contributed by atoms with van der Waals surface area (Å²) in [5.74, 6) is 4.72. The van der Waals surface area contributed by atoms with E-state index < -0.39 is 0 Å². The highest BCUT2D eigenvalue weighted by Crippen LogP contribution is 2.30. The van der Waals surface area contributed by atoms with Gasteiger partial charge in [0.2, 0.25) is 0 Å². The molecule has 0 aliphatic heterocycles. The molecule has 0 heterocycles. The van der Waals surface area contributed by atoms with Crippen molar-refractivity contribution in [1.82, 2.24) is 0 Å². The molecule has 0 radical (unpaired) electrons. The van der Waals surface area contributed by atoms with Crippen molar-refractivity contribution in [3.05, 3.63) is 107 Å². The zero-order valence-electron chi connectivity index (χ0n) is 22.0. The minimum absolute atomic E-state index is 0.745. The Morgan fingerprint density at radius 3 is 1.49 bits per heavy atom. The van der Waals surface area contributed by atoms with Gasteiger partial charge in [-0.25, -0.2) is 0 Å². The minimum Gasteiger partial charge on any atom is -0.497 e. The Morgan fingerprint density at radius 1 is 0.378 bits per heavy atom. The Bertz CT molecular complexity index is 1280. The van der Waals surface area contributed by atoms with Crippen LogP contribution in [0.1, 0.15) is 22.3 Å². The lowest BCUT2D eigenvalue weighted by atomic mass is 10.0. The van der Waals surface area contributed by atoms with Gasteiger partial charge in [0.1, 0.15) is 23.0 Å². The molecule has 4 rings (SSSR count). The van der Waals surface area contributed by atoms with Crippen LogP contribution in [-0.2, 0) is 25.7 Å². The van der Waals surface area contributed by atoms with Crippen LogP contribution in [0.15, 0.2) is 84.9 Å². The normalized spacial score (nSPS) is 10.6. The molecule has 0 unspecified atom stereocenters. The number of hydrogen-bond acceptors (Lipinski definition) is 5. The van der Waals surface area contributed by atoms with Crippen molar-refractivity contribution in [3.63, 3.8) is 0 Å². The van der Waals surface area contributed by atoms with Crippen LogP contribution >= 0.6 is 0 Å². The van der Waals surface area contributed by atoms with Crippen LogP contribution in [0.5, 0.6) is 34.5 Å². The van der Waals surface area contributed by atoms with Crippen LogP contribution in [0.25, 0.3) is 0 Å². The van der Waals surface area contributed by atoms with E-state index in [-0.39, 0.29) is 0 Å². The standard InChI is InChI=1S/C32H34O5/c1-33-27-14-9-24(10-15-27)6-8-26-19-29(34-2)22-30(20-26)37-28-16-11-23(12-17-28)5-7-25-13-18-31(35-3)32(21-25)36-4/h9-22H,5-8H2,1-4H3. The van der Waals surface area contributed by atoms with Gasteiger partial charge in [-0.1, -0.05) is 30.3 Å². The molecule has 5 heteroatoms. The van der Waals surface area contributed by atoms with Crippen molar-refractivity contribution in [1.29, 1.82) is 0 Å². The van der Waals surface area contributed by atoms with Gasteiger partial charge in [0, 0.05) is 6.07 Å². The van der Waals surface area contributed by atoms with E-state index in [2.05, 4.69) is 42.5 Å². The fourth-order valence-corrected chi connectivity index (χ4v) is 4.22. The van der Waals surface area contributed by atoms with Gasteiger partial charge in [0.25, 0.3) is 0 Å². The number of hydrogen-bond donors (Lipinski definition) is 0. The molecule has 192 valence electrons. The fraction of sp³-hybridized carbons (Fsp3) is 0.250. The molecule has 0 aromatic heterocycles. The van der Waals surface area contributed by atoms with Crippen molar-refractivity contribution in [3.8, 4) is 34.5 Å². The summed E-state index contributed by atoms with van der Waals surface area (Å²) in [5.41, 5.74) is 4.87. The van der Waals surface area contributed by atoms with E-state index in [1.165, 1.54) is 16.7 Å². The first kappa shape index (κ1) is 26.0. The number of benzene rings is 4. The van der Waals surface area contributed by atoms with Crippen molar-refractivity contribution in [2.45, 2.75) is 25.7 Å². The van der Waals surface area contributed by atoms with E-state index in [9.17, 15) is 0 Å². The van der Waals surface area contributed by atoms with Crippen LogP contribution in [-0.4, -0.2) is 28.4 Å². The monoisotopic (exact) mass is 498 g/mol. The summed E-state index contributed by atoms with van der Waals surface area (Å²) in [6.07, 6.45) is 3.64. The summed E-state index contributed by atoms with van der Waals surface area (Å²) in [6, 6.07) is 28.6. The van der Waals surface area contributed by atoms with Crippen molar-refractivity contribution < 1.29 is 23.7 Å². The SMILES string of the molecule is COc1ccc(CCc2cc(OC)cc(Oc3ccc(CCc4ccc(OC)c(OC)c4)cc3)c2)cc1. The first-order chi connectivity index (χ1) is 18.1. The summed E-state index contributed by atoms with van der Waals surface area (Å²) < 4.78 is 27.7. The van der Waals surface area contributed by atoms with E-state index in [0.717, 1.165) is 65.7 Å². The fourth-order valence-electron chi connectivity index (χ4n) is 4.22. The molecule has 4 aromatic carbocycles. The molecule has 0 aliphatic carbocycles. The van der Waals surface area contributed by atoms with E-state index in [0.29, 0.717) is 0 Å². The van der Waals surface area contributed by atoms with Gasteiger partial charge in [-0.2, -0.15) is 0 Å². The third-order valence-electron chi connectivity index (χ3n) is 6.35. The van der Waals surface area contributed by atoms with Gasteiger partial charge >= 0.3 is 0 Å². The third-order valence-corrected chi connectivity index (χ3v) is 6.35. The Balaban J connectivity index is 1.37. The minimum atomic E-state index is 0.745. The second kappa shape index (κ2) is 12.7. The number of methoxy groups -OCH3 is 4.